The van der Waals surface area contributed by atoms with Crippen molar-refractivity contribution < 1.29 is 0 Å². The monoisotopic (exact) mass is 246 g/mol. The van der Waals surface area contributed by atoms with Gasteiger partial charge < -0.3 is 10.6 Å². The van der Waals surface area contributed by atoms with E-state index < -0.39 is 0 Å². The van der Waals surface area contributed by atoms with E-state index in [-0.39, 0.29) is 0 Å². The number of nitrogens with zero attached hydrogens (tertiary/aromatic N) is 4. The van der Waals surface area contributed by atoms with Crippen LogP contribution >= 0.6 is 0 Å². The maximum absolute atomic E-state index is 5.77. The standard InChI is InChI=1S/C12H18N6/c1-7-3-4-8(2)18(6-7)11-9-5-14-17-10(9)15-12(13)16-11/h5,7-8H,3-4,6H2,1-2H3,(H3,13,14,15,16,17)/t7?,8-/m0/s1. The fraction of sp³-hybridized carbons (Fsp3) is 0.583. The van der Waals surface area contributed by atoms with E-state index in [1.54, 1.807) is 6.20 Å². The third-order valence-electron chi connectivity index (χ3n) is 3.70. The lowest BCUT2D eigenvalue weighted by Crippen LogP contribution is -2.41. The molecule has 1 unspecified atom stereocenters. The van der Waals surface area contributed by atoms with E-state index in [1.807, 2.05) is 0 Å². The van der Waals surface area contributed by atoms with Gasteiger partial charge in [-0.25, -0.2) is 0 Å². The summed E-state index contributed by atoms with van der Waals surface area (Å²) < 4.78 is 0. The predicted molar refractivity (Wildman–Crippen MR) is 71.3 cm³/mol. The van der Waals surface area contributed by atoms with Crippen molar-refractivity contribution >= 4 is 22.8 Å². The summed E-state index contributed by atoms with van der Waals surface area (Å²) in [5.41, 5.74) is 6.49. The van der Waals surface area contributed by atoms with Crippen molar-refractivity contribution in [3.8, 4) is 0 Å². The van der Waals surface area contributed by atoms with Crippen LogP contribution in [0.15, 0.2) is 6.20 Å². The average molecular weight is 246 g/mol. The van der Waals surface area contributed by atoms with Crippen LogP contribution in [-0.2, 0) is 0 Å². The molecule has 2 aromatic rings. The molecule has 1 aliphatic heterocycles. The Balaban J connectivity index is 2.09. The number of H-pyrrole nitrogens is 1. The van der Waals surface area contributed by atoms with Crippen molar-refractivity contribution in [2.24, 2.45) is 5.92 Å². The second-order valence-electron chi connectivity index (χ2n) is 5.22. The number of hydrogen-bond donors (Lipinski definition) is 2. The van der Waals surface area contributed by atoms with Gasteiger partial charge in [0.15, 0.2) is 5.65 Å². The predicted octanol–water partition coefficient (Wildman–Crippen LogP) is 1.56. The molecule has 2 atom stereocenters. The number of hydrogen-bond acceptors (Lipinski definition) is 5. The second-order valence-corrected chi connectivity index (χ2v) is 5.22. The van der Waals surface area contributed by atoms with Gasteiger partial charge in [-0.15, -0.1) is 0 Å². The molecule has 1 saturated heterocycles. The van der Waals surface area contributed by atoms with Crippen molar-refractivity contribution in [1.82, 2.24) is 20.2 Å². The summed E-state index contributed by atoms with van der Waals surface area (Å²) in [6, 6.07) is 0.480. The number of piperidine rings is 1. The van der Waals surface area contributed by atoms with Crippen LogP contribution in [0.1, 0.15) is 26.7 Å². The summed E-state index contributed by atoms with van der Waals surface area (Å²) in [5, 5.41) is 7.84. The summed E-state index contributed by atoms with van der Waals surface area (Å²) in [7, 11) is 0. The number of fused-ring (bicyclic) bond motifs is 1. The molecule has 3 rings (SSSR count). The van der Waals surface area contributed by atoms with Gasteiger partial charge in [0, 0.05) is 12.6 Å². The summed E-state index contributed by atoms with van der Waals surface area (Å²) in [6.07, 6.45) is 4.23. The first kappa shape index (κ1) is 11.3. The van der Waals surface area contributed by atoms with Gasteiger partial charge in [-0.05, 0) is 25.7 Å². The van der Waals surface area contributed by atoms with Crippen molar-refractivity contribution in [2.45, 2.75) is 32.7 Å². The molecule has 96 valence electrons. The summed E-state index contributed by atoms with van der Waals surface area (Å²) >= 11 is 0. The fourth-order valence-electron chi connectivity index (χ4n) is 2.64. The molecule has 3 N–H and O–H groups in total. The summed E-state index contributed by atoms with van der Waals surface area (Å²) in [4.78, 5) is 10.9. The van der Waals surface area contributed by atoms with Crippen LogP contribution in [0.4, 0.5) is 11.8 Å². The Kier molecular flexibility index (Phi) is 2.57. The molecule has 6 heteroatoms. The van der Waals surface area contributed by atoms with Gasteiger partial charge >= 0.3 is 0 Å². The Hall–Kier alpha value is -1.85. The third-order valence-corrected chi connectivity index (χ3v) is 3.70. The normalized spacial score (nSPS) is 24.7. The molecule has 2 aromatic heterocycles. The zero-order valence-electron chi connectivity index (χ0n) is 10.7. The molecule has 0 radical (unpaired) electrons. The van der Waals surface area contributed by atoms with Gasteiger partial charge in [0.25, 0.3) is 0 Å². The van der Waals surface area contributed by atoms with E-state index in [0.29, 0.717) is 23.6 Å². The lowest BCUT2D eigenvalue weighted by atomic mass is 9.95. The Bertz CT molecular complexity index is 563. The minimum atomic E-state index is 0.298. The highest BCUT2D eigenvalue weighted by atomic mass is 15.3. The highest BCUT2D eigenvalue weighted by Crippen LogP contribution is 2.30. The minimum Gasteiger partial charge on any atom is -0.368 e. The number of aromatic nitrogens is 4. The number of anilines is 2. The minimum absolute atomic E-state index is 0.298. The van der Waals surface area contributed by atoms with Crippen LogP contribution in [0.2, 0.25) is 0 Å². The molecule has 18 heavy (non-hydrogen) atoms. The molecule has 1 aliphatic rings. The fourth-order valence-corrected chi connectivity index (χ4v) is 2.64. The van der Waals surface area contributed by atoms with Crippen LogP contribution in [0.5, 0.6) is 0 Å². The van der Waals surface area contributed by atoms with Crippen molar-refractivity contribution in [1.29, 1.82) is 0 Å². The molecule has 0 aromatic carbocycles. The maximum atomic E-state index is 5.77. The molecular formula is C12H18N6. The van der Waals surface area contributed by atoms with Crippen LogP contribution in [0.3, 0.4) is 0 Å². The number of nitrogens with one attached hydrogen (secondary N) is 1. The number of nitrogen functional groups attached to an aromatic ring is 1. The Morgan fingerprint density at radius 3 is 3.00 bits per heavy atom. The van der Waals surface area contributed by atoms with Gasteiger partial charge in [-0.3, -0.25) is 5.10 Å². The van der Waals surface area contributed by atoms with E-state index in [9.17, 15) is 0 Å². The number of nitrogens with two attached hydrogens (primary N) is 1. The summed E-state index contributed by atoms with van der Waals surface area (Å²) in [6.45, 7) is 5.52. The molecule has 0 spiro atoms. The molecule has 0 saturated carbocycles. The Morgan fingerprint density at radius 2 is 2.17 bits per heavy atom. The lowest BCUT2D eigenvalue weighted by Gasteiger charge is -2.37. The number of aromatic amines is 1. The zero-order valence-corrected chi connectivity index (χ0v) is 10.7. The Labute approximate surface area is 106 Å². The first-order valence-electron chi connectivity index (χ1n) is 6.38. The molecule has 0 aliphatic carbocycles. The third kappa shape index (κ3) is 1.77. The van der Waals surface area contributed by atoms with Gasteiger partial charge in [-0.1, -0.05) is 6.92 Å². The van der Waals surface area contributed by atoms with E-state index in [0.717, 1.165) is 17.7 Å². The first-order valence-corrected chi connectivity index (χ1v) is 6.38. The Morgan fingerprint density at radius 1 is 1.33 bits per heavy atom. The van der Waals surface area contributed by atoms with E-state index in [1.165, 1.54) is 12.8 Å². The largest absolute Gasteiger partial charge is 0.368 e. The van der Waals surface area contributed by atoms with Crippen LogP contribution in [0, 0.1) is 5.92 Å². The van der Waals surface area contributed by atoms with Crippen molar-refractivity contribution in [2.75, 3.05) is 17.2 Å². The molecule has 3 heterocycles. The topological polar surface area (TPSA) is 83.7 Å². The first-order chi connectivity index (χ1) is 8.65. The van der Waals surface area contributed by atoms with E-state index in [2.05, 4.69) is 38.9 Å². The van der Waals surface area contributed by atoms with Gasteiger partial charge in [-0.2, -0.15) is 15.1 Å². The highest BCUT2D eigenvalue weighted by molar-refractivity contribution is 5.87. The van der Waals surface area contributed by atoms with E-state index >= 15 is 0 Å². The molecule has 6 nitrogen and oxygen atoms in total. The number of rotatable bonds is 1. The quantitative estimate of drug-likeness (QED) is 0.797. The van der Waals surface area contributed by atoms with Gasteiger partial charge in [0.05, 0.1) is 11.6 Å². The zero-order chi connectivity index (χ0) is 12.7. The van der Waals surface area contributed by atoms with Gasteiger partial charge in [0.2, 0.25) is 5.95 Å². The SMILES string of the molecule is CC1CC[C@H](C)N(c2nc(N)nc3[nH]ncc23)C1. The van der Waals surface area contributed by atoms with Crippen LogP contribution in [0.25, 0.3) is 11.0 Å². The van der Waals surface area contributed by atoms with Gasteiger partial charge in [0.1, 0.15) is 5.82 Å². The average Bonchev–Trinajstić information content (AvgIpc) is 2.79. The molecule has 0 amide bonds. The second kappa shape index (κ2) is 4.12. The molecule has 1 fully saturated rings. The molecular weight excluding hydrogens is 228 g/mol. The highest BCUT2D eigenvalue weighted by Gasteiger charge is 2.26. The summed E-state index contributed by atoms with van der Waals surface area (Å²) in [5.74, 6) is 1.89. The smallest absolute Gasteiger partial charge is 0.224 e. The van der Waals surface area contributed by atoms with Crippen molar-refractivity contribution in [3.63, 3.8) is 0 Å². The van der Waals surface area contributed by atoms with Crippen LogP contribution in [-0.4, -0.2) is 32.8 Å². The van der Waals surface area contributed by atoms with Crippen LogP contribution < -0.4 is 10.6 Å². The molecule has 0 bridgehead atoms. The van der Waals surface area contributed by atoms with Crippen molar-refractivity contribution in [3.05, 3.63) is 6.20 Å². The lowest BCUT2D eigenvalue weighted by molar-refractivity contribution is 0.389. The maximum Gasteiger partial charge on any atom is 0.224 e. The van der Waals surface area contributed by atoms with E-state index in [4.69, 9.17) is 5.73 Å².